The Balaban J connectivity index is 1.72. The molecular formula is C13H9F2N5OS. The Morgan fingerprint density at radius 2 is 2.14 bits per heavy atom. The van der Waals surface area contributed by atoms with Crippen molar-refractivity contribution in [3.8, 4) is 10.6 Å². The fourth-order valence-electron chi connectivity index (χ4n) is 1.71. The van der Waals surface area contributed by atoms with Gasteiger partial charge in [0.1, 0.15) is 22.0 Å². The van der Waals surface area contributed by atoms with Crippen LogP contribution in [-0.4, -0.2) is 26.1 Å². The Bertz CT molecular complexity index is 803. The van der Waals surface area contributed by atoms with Gasteiger partial charge in [-0.25, -0.2) is 18.7 Å². The van der Waals surface area contributed by atoms with Crippen molar-refractivity contribution >= 4 is 17.2 Å². The summed E-state index contributed by atoms with van der Waals surface area (Å²) in [5.74, 6) is -1.68. The van der Waals surface area contributed by atoms with E-state index in [4.69, 9.17) is 0 Å². The largest absolute Gasteiger partial charge is 0.344 e. The highest BCUT2D eigenvalue weighted by atomic mass is 32.1. The SMILES string of the molecule is O=C(NCc1ncn[nH]1)c1cnc(-c2ccc(F)c(F)c2)s1. The summed E-state index contributed by atoms with van der Waals surface area (Å²) in [4.78, 5) is 20.3. The van der Waals surface area contributed by atoms with Crippen LogP contribution in [0.15, 0.2) is 30.7 Å². The number of benzene rings is 1. The molecule has 22 heavy (non-hydrogen) atoms. The first-order valence-corrected chi connectivity index (χ1v) is 6.99. The molecule has 0 radical (unpaired) electrons. The molecule has 0 bridgehead atoms. The lowest BCUT2D eigenvalue weighted by molar-refractivity contribution is 0.0954. The van der Waals surface area contributed by atoms with Crippen molar-refractivity contribution in [3.63, 3.8) is 0 Å². The van der Waals surface area contributed by atoms with E-state index in [-0.39, 0.29) is 12.5 Å². The average Bonchev–Trinajstić information content (AvgIpc) is 3.18. The van der Waals surface area contributed by atoms with Crippen LogP contribution in [0, 0.1) is 11.6 Å². The first kappa shape index (κ1) is 14.3. The van der Waals surface area contributed by atoms with Crippen molar-refractivity contribution in [1.29, 1.82) is 0 Å². The van der Waals surface area contributed by atoms with Gasteiger partial charge in [-0.15, -0.1) is 11.3 Å². The molecule has 3 aromatic rings. The third kappa shape index (κ3) is 2.98. The first-order chi connectivity index (χ1) is 10.6. The van der Waals surface area contributed by atoms with Crippen LogP contribution in [0.3, 0.4) is 0 Å². The number of H-pyrrole nitrogens is 1. The second kappa shape index (κ2) is 5.98. The van der Waals surface area contributed by atoms with E-state index in [9.17, 15) is 13.6 Å². The number of rotatable bonds is 4. The Kier molecular flexibility index (Phi) is 3.88. The van der Waals surface area contributed by atoms with Crippen LogP contribution in [0.5, 0.6) is 0 Å². The predicted molar refractivity (Wildman–Crippen MR) is 75.0 cm³/mol. The number of amides is 1. The van der Waals surface area contributed by atoms with Gasteiger partial charge < -0.3 is 5.32 Å². The third-order valence-electron chi connectivity index (χ3n) is 2.78. The fourth-order valence-corrected chi connectivity index (χ4v) is 2.54. The summed E-state index contributed by atoms with van der Waals surface area (Å²) >= 11 is 1.09. The molecular weight excluding hydrogens is 312 g/mol. The lowest BCUT2D eigenvalue weighted by Crippen LogP contribution is -2.22. The summed E-state index contributed by atoms with van der Waals surface area (Å²) in [6.07, 6.45) is 2.73. The van der Waals surface area contributed by atoms with Gasteiger partial charge in [0.05, 0.1) is 12.7 Å². The van der Waals surface area contributed by atoms with Gasteiger partial charge in [-0.05, 0) is 18.2 Å². The van der Waals surface area contributed by atoms with Crippen molar-refractivity contribution in [2.75, 3.05) is 0 Å². The molecule has 6 nitrogen and oxygen atoms in total. The van der Waals surface area contributed by atoms with E-state index >= 15 is 0 Å². The maximum absolute atomic E-state index is 13.2. The fraction of sp³-hybridized carbons (Fsp3) is 0.0769. The molecule has 2 aromatic heterocycles. The van der Waals surface area contributed by atoms with Gasteiger partial charge in [-0.3, -0.25) is 9.89 Å². The van der Waals surface area contributed by atoms with Gasteiger partial charge in [-0.1, -0.05) is 0 Å². The zero-order valence-electron chi connectivity index (χ0n) is 11.0. The molecule has 0 unspecified atom stereocenters. The van der Waals surface area contributed by atoms with Crippen LogP contribution >= 0.6 is 11.3 Å². The highest BCUT2D eigenvalue weighted by molar-refractivity contribution is 7.16. The molecule has 9 heteroatoms. The summed E-state index contributed by atoms with van der Waals surface area (Å²) < 4.78 is 26.1. The molecule has 0 atom stereocenters. The Hall–Kier alpha value is -2.68. The van der Waals surface area contributed by atoms with Gasteiger partial charge in [0, 0.05) is 5.56 Å². The number of nitrogens with zero attached hydrogens (tertiary/aromatic N) is 3. The summed E-state index contributed by atoms with van der Waals surface area (Å²) in [5.41, 5.74) is 0.415. The van der Waals surface area contributed by atoms with E-state index in [1.165, 1.54) is 18.6 Å². The molecule has 2 N–H and O–H groups in total. The number of thiazole rings is 1. The number of carbonyl (C=O) groups excluding carboxylic acids is 1. The minimum absolute atomic E-state index is 0.206. The third-order valence-corrected chi connectivity index (χ3v) is 3.82. The molecule has 1 aromatic carbocycles. The highest BCUT2D eigenvalue weighted by Gasteiger charge is 2.13. The first-order valence-electron chi connectivity index (χ1n) is 6.17. The van der Waals surface area contributed by atoms with Crippen molar-refractivity contribution < 1.29 is 13.6 Å². The molecule has 112 valence electrons. The van der Waals surface area contributed by atoms with Crippen LogP contribution in [0.2, 0.25) is 0 Å². The smallest absolute Gasteiger partial charge is 0.263 e. The maximum atomic E-state index is 13.2. The predicted octanol–water partition coefficient (Wildman–Crippen LogP) is 2.14. The summed E-state index contributed by atoms with van der Waals surface area (Å²) in [7, 11) is 0. The lowest BCUT2D eigenvalue weighted by Gasteiger charge is -1.99. The highest BCUT2D eigenvalue weighted by Crippen LogP contribution is 2.26. The van der Waals surface area contributed by atoms with Crippen LogP contribution in [0.1, 0.15) is 15.5 Å². The zero-order valence-corrected chi connectivity index (χ0v) is 11.8. The average molecular weight is 321 g/mol. The molecule has 0 saturated carbocycles. The van der Waals surface area contributed by atoms with Crippen molar-refractivity contribution in [2.45, 2.75) is 6.54 Å². The summed E-state index contributed by atoms with van der Waals surface area (Å²) in [6, 6.07) is 3.48. The van der Waals surface area contributed by atoms with E-state index in [0.717, 1.165) is 23.5 Å². The summed E-state index contributed by atoms with van der Waals surface area (Å²) in [6.45, 7) is 0.206. The number of carbonyl (C=O) groups is 1. The number of hydrogen-bond acceptors (Lipinski definition) is 5. The number of aromatic amines is 1. The standard InChI is InChI=1S/C13H9F2N5OS/c14-8-2-1-7(3-9(8)15)13-17-4-10(22-13)12(21)16-5-11-18-6-19-20-11/h1-4,6H,5H2,(H,16,21)(H,18,19,20). The molecule has 3 rings (SSSR count). The maximum Gasteiger partial charge on any atom is 0.263 e. The van der Waals surface area contributed by atoms with Gasteiger partial charge in [-0.2, -0.15) is 5.10 Å². The topological polar surface area (TPSA) is 83.6 Å². The molecule has 0 aliphatic heterocycles. The van der Waals surface area contributed by atoms with Crippen molar-refractivity contribution in [3.05, 3.63) is 53.1 Å². The monoisotopic (exact) mass is 321 g/mol. The molecule has 0 spiro atoms. The normalized spacial score (nSPS) is 10.6. The quantitative estimate of drug-likeness (QED) is 0.771. The second-order valence-electron chi connectivity index (χ2n) is 4.27. The summed E-state index contributed by atoms with van der Waals surface area (Å²) in [5, 5.41) is 9.37. The van der Waals surface area contributed by atoms with Crippen LogP contribution in [-0.2, 0) is 6.54 Å². The van der Waals surface area contributed by atoms with E-state index in [1.807, 2.05) is 0 Å². The van der Waals surface area contributed by atoms with Crippen LogP contribution in [0.25, 0.3) is 10.6 Å². The van der Waals surface area contributed by atoms with Crippen molar-refractivity contribution in [1.82, 2.24) is 25.5 Å². The van der Waals surface area contributed by atoms with Gasteiger partial charge in [0.25, 0.3) is 5.91 Å². The molecule has 0 aliphatic carbocycles. The molecule has 0 fully saturated rings. The van der Waals surface area contributed by atoms with Gasteiger partial charge in [0.2, 0.25) is 0 Å². The number of nitrogens with one attached hydrogen (secondary N) is 2. The van der Waals surface area contributed by atoms with Crippen LogP contribution < -0.4 is 5.32 Å². The molecule has 1 amide bonds. The van der Waals surface area contributed by atoms with E-state index in [2.05, 4.69) is 25.5 Å². The second-order valence-corrected chi connectivity index (χ2v) is 5.30. The number of halogens is 2. The number of aromatic nitrogens is 4. The molecule has 2 heterocycles. The van der Waals surface area contributed by atoms with Gasteiger partial charge >= 0.3 is 0 Å². The minimum Gasteiger partial charge on any atom is -0.344 e. The Morgan fingerprint density at radius 3 is 2.86 bits per heavy atom. The van der Waals surface area contributed by atoms with Crippen LogP contribution in [0.4, 0.5) is 8.78 Å². The lowest BCUT2D eigenvalue weighted by atomic mass is 10.2. The van der Waals surface area contributed by atoms with E-state index < -0.39 is 11.6 Å². The Morgan fingerprint density at radius 1 is 1.27 bits per heavy atom. The molecule has 0 aliphatic rings. The van der Waals surface area contributed by atoms with Gasteiger partial charge in [0.15, 0.2) is 11.6 Å². The minimum atomic E-state index is -0.955. The van der Waals surface area contributed by atoms with E-state index in [1.54, 1.807) is 0 Å². The molecule has 0 saturated heterocycles. The zero-order chi connectivity index (χ0) is 15.5. The van der Waals surface area contributed by atoms with Crippen molar-refractivity contribution in [2.24, 2.45) is 0 Å². The number of hydrogen-bond donors (Lipinski definition) is 2. The van der Waals surface area contributed by atoms with E-state index in [0.29, 0.717) is 21.3 Å². The Labute approximate surface area is 127 Å².